The van der Waals surface area contributed by atoms with Crippen LogP contribution in [0.15, 0.2) is 0 Å². The third-order valence-electron chi connectivity index (χ3n) is 2.37. The number of carbonyl (C=O) groups excluding carboxylic acids is 1. The van der Waals surface area contributed by atoms with Gasteiger partial charge in [-0.2, -0.15) is 0 Å². The van der Waals surface area contributed by atoms with E-state index in [1.807, 2.05) is 0 Å². The molecule has 0 N–H and O–H groups in total. The van der Waals surface area contributed by atoms with Crippen LogP contribution < -0.4 is 0 Å². The summed E-state index contributed by atoms with van der Waals surface area (Å²) in [5.41, 5.74) is 0. The van der Waals surface area contributed by atoms with Crippen LogP contribution in [-0.4, -0.2) is 5.97 Å². The minimum Gasteiger partial charge on any atom is -0.247 e. The predicted molar refractivity (Wildman–Crippen MR) is 52.9 cm³/mol. The second-order valence-electron chi connectivity index (χ2n) is 3.73. The van der Waals surface area contributed by atoms with Gasteiger partial charge in [-0.1, -0.05) is 46.0 Å². The Labute approximate surface area is 81.3 Å². The topological polar surface area (TPSA) is 37.0 Å². The van der Waals surface area contributed by atoms with Gasteiger partial charge in [-0.3, -0.25) is 0 Å². The molecule has 1 unspecified atom stereocenters. The number of hydrogen-bond acceptors (Lipinski definition) is 1. The van der Waals surface area contributed by atoms with Crippen LogP contribution in [0.4, 0.5) is 0 Å². The fourth-order valence-electron chi connectivity index (χ4n) is 1.68. The number of hydrogen-bond donors (Lipinski definition) is 0. The third kappa shape index (κ3) is 7.82. The highest BCUT2D eigenvalue weighted by Crippen LogP contribution is 2.19. The number of unbranched alkanes of at least 4 members (excludes halogenated alkanes) is 2. The van der Waals surface area contributed by atoms with E-state index in [-0.39, 0.29) is 6.42 Å². The average Bonchev–Trinajstić information content (AvgIpc) is 2.04. The molecule has 0 bridgehead atoms. The van der Waals surface area contributed by atoms with Crippen LogP contribution in [0.2, 0.25) is 0 Å². The first-order chi connectivity index (χ1) is 6.20. The van der Waals surface area contributed by atoms with Crippen molar-refractivity contribution in [2.45, 2.75) is 58.8 Å². The van der Waals surface area contributed by atoms with Gasteiger partial charge in [0.1, 0.15) is 0 Å². The molecule has 0 spiro atoms. The summed E-state index contributed by atoms with van der Waals surface area (Å²) in [5.74, 6) is -0.545. The van der Waals surface area contributed by atoms with Crippen molar-refractivity contribution in [3.05, 3.63) is 0 Å². The largest absolute Gasteiger partial charge is 0.355 e. The summed E-state index contributed by atoms with van der Waals surface area (Å²) >= 11 is 0. The van der Waals surface area contributed by atoms with E-state index in [0.717, 1.165) is 25.7 Å². The SMILES string of the molecule is CCCCCC(CCC)CC([O])=O. The van der Waals surface area contributed by atoms with Crippen LogP contribution in [0.3, 0.4) is 0 Å². The van der Waals surface area contributed by atoms with Crippen LogP contribution in [0, 0.1) is 5.92 Å². The van der Waals surface area contributed by atoms with Crippen molar-refractivity contribution >= 4 is 5.97 Å². The quantitative estimate of drug-likeness (QED) is 0.534. The molecule has 0 aromatic rings. The van der Waals surface area contributed by atoms with E-state index in [9.17, 15) is 9.90 Å². The normalized spacial score (nSPS) is 12.8. The molecule has 0 aliphatic carbocycles. The molecule has 0 aromatic carbocycles. The lowest BCUT2D eigenvalue weighted by molar-refractivity contribution is -0.144. The van der Waals surface area contributed by atoms with Gasteiger partial charge in [-0.25, -0.2) is 9.90 Å². The molecule has 0 saturated heterocycles. The predicted octanol–water partition coefficient (Wildman–Crippen LogP) is 3.33. The maximum atomic E-state index is 10.4. The Bertz CT molecular complexity index is 132. The minimum atomic E-state index is -0.894. The van der Waals surface area contributed by atoms with E-state index in [1.165, 1.54) is 12.8 Å². The van der Waals surface area contributed by atoms with Crippen LogP contribution >= 0.6 is 0 Å². The van der Waals surface area contributed by atoms with Crippen molar-refractivity contribution in [1.82, 2.24) is 0 Å². The Morgan fingerprint density at radius 2 is 1.77 bits per heavy atom. The van der Waals surface area contributed by atoms with Crippen molar-refractivity contribution in [2.75, 3.05) is 0 Å². The molecule has 0 aromatic heterocycles. The van der Waals surface area contributed by atoms with Gasteiger partial charge in [-0.15, -0.1) is 0 Å². The van der Waals surface area contributed by atoms with Gasteiger partial charge in [-0.05, 0) is 12.3 Å². The van der Waals surface area contributed by atoms with Gasteiger partial charge in [0.25, 0.3) is 0 Å². The Kier molecular flexibility index (Phi) is 7.76. The second-order valence-corrected chi connectivity index (χ2v) is 3.73. The van der Waals surface area contributed by atoms with Gasteiger partial charge >= 0.3 is 5.97 Å². The van der Waals surface area contributed by atoms with Crippen LogP contribution in [0.5, 0.6) is 0 Å². The second kappa shape index (κ2) is 8.09. The molecule has 0 fully saturated rings. The van der Waals surface area contributed by atoms with Crippen LogP contribution in [-0.2, 0) is 9.90 Å². The molecule has 0 saturated carbocycles. The van der Waals surface area contributed by atoms with Crippen molar-refractivity contribution in [3.8, 4) is 0 Å². The highest BCUT2D eigenvalue weighted by molar-refractivity contribution is 5.66. The van der Waals surface area contributed by atoms with Crippen molar-refractivity contribution in [3.63, 3.8) is 0 Å². The van der Waals surface area contributed by atoms with Crippen LogP contribution in [0.25, 0.3) is 0 Å². The van der Waals surface area contributed by atoms with Crippen LogP contribution in [0.1, 0.15) is 58.8 Å². The number of rotatable bonds is 8. The standard InChI is InChI=1S/C11H21O2/c1-3-5-6-8-10(7-4-2)9-11(12)13/h10H,3-9H2,1-2H3. The zero-order valence-electron chi connectivity index (χ0n) is 8.84. The number of carbonyl (C=O) groups is 1. The summed E-state index contributed by atoms with van der Waals surface area (Å²) in [6, 6.07) is 0. The van der Waals surface area contributed by atoms with E-state index in [1.54, 1.807) is 0 Å². The zero-order valence-corrected chi connectivity index (χ0v) is 8.84. The molecule has 0 aliphatic heterocycles. The van der Waals surface area contributed by atoms with E-state index in [4.69, 9.17) is 0 Å². The molecule has 1 radical (unpaired) electrons. The lowest BCUT2D eigenvalue weighted by Gasteiger charge is -2.12. The fourth-order valence-corrected chi connectivity index (χ4v) is 1.68. The minimum absolute atomic E-state index is 0.248. The average molecular weight is 185 g/mol. The Hall–Kier alpha value is -0.530. The van der Waals surface area contributed by atoms with E-state index in [0.29, 0.717) is 5.92 Å². The van der Waals surface area contributed by atoms with Crippen molar-refractivity contribution in [1.29, 1.82) is 0 Å². The smallest absolute Gasteiger partial charge is 0.247 e. The molecule has 0 amide bonds. The lowest BCUT2D eigenvalue weighted by Crippen LogP contribution is -2.06. The Balaban J connectivity index is 3.59. The fraction of sp³-hybridized carbons (Fsp3) is 0.909. The van der Waals surface area contributed by atoms with Crippen molar-refractivity contribution in [2.24, 2.45) is 5.92 Å². The molecule has 0 heterocycles. The summed E-state index contributed by atoms with van der Waals surface area (Å²) in [6.07, 6.45) is 6.97. The highest BCUT2D eigenvalue weighted by atomic mass is 16.4. The first-order valence-electron chi connectivity index (χ1n) is 5.40. The maximum Gasteiger partial charge on any atom is 0.355 e. The van der Waals surface area contributed by atoms with Gasteiger partial charge in [0.15, 0.2) is 0 Å². The molecule has 77 valence electrons. The summed E-state index contributed by atoms with van der Waals surface area (Å²) < 4.78 is 0. The molecule has 2 heteroatoms. The van der Waals surface area contributed by atoms with E-state index in [2.05, 4.69) is 13.8 Å². The van der Waals surface area contributed by atoms with Gasteiger partial charge in [0.05, 0.1) is 6.42 Å². The summed E-state index contributed by atoms with van der Waals surface area (Å²) in [6.45, 7) is 4.26. The van der Waals surface area contributed by atoms with Gasteiger partial charge in [0.2, 0.25) is 0 Å². The van der Waals surface area contributed by atoms with Gasteiger partial charge in [0, 0.05) is 0 Å². The van der Waals surface area contributed by atoms with E-state index >= 15 is 0 Å². The molecule has 0 aliphatic rings. The first-order valence-corrected chi connectivity index (χ1v) is 5.40. The summed E-state index contributed by atoms with van der Waals surface area (Å²) in [7, 11) is 0. The van der Waals surface area contributed by atoms with E-state index < -0.39 is 5.97 Å². The van der Waals surface area contributed by atoms with Gasteiger partial charge < -0.3 is 0 Å². The zero-order chi connectivity index (χ0) is 10.1. The lowest BCUT2D eigenvalue weighted by atomic mass is 9.93. The molecule has 1 atom stereocenters. The van der Waals surface area contributed by atoms with Crippen molar-refractivity contribution < 1.29 is 9.90 Å². The highest BCUT2D eigenvalue weighted by Gasteiger charge is 2.12. The first kappa shape index (κ1) is 12.5. The monoisotopic (exact) mass is 185 g/mol. The molecule has 13 heavy (non-hydrogen) atoms. The Morgan fingerprint density at radius 1 is 1.08 bits per heavy atom. The molecular weight excluding hydrogens is 164 g/mol. The molecule has 0 rings (SSSR count). The summed E-state index contributed by atoms with van der Waals surface area (Å²) in [5, 5.41) is 10.4. The third-order valence-corrected chi connectivity index (χ3v) is 2.37. The maximum absolute atomic E-state index is 10.4. The molecule has 2 nitrogen and oxygen atoms in total. The molecular formula is C11H21O2. The Morgan fingerprint density at radius 3 is 2.23 bits per heavy atom. The summed E-state index contributed by atoms with van der Waals surface area (Å²) in [4.78, 5) is 10.4.